The van der Waals surface area contributed by atoms with E-state index in [0.717, 1.165) is 37.1 Å². The van der Waals surface area contributed by atoms with E-state index in [1.54, 1.807) is 0 Å². The number of hydrogen-bond acceptors (Lipinski definition) is 3. The number of nitrogens with zero attached hydrogens (tertiary/aromatic N) is 1. The third-order valence-corrected chi connectivity index (χ3v) is 2.84. The highest BCUT2D eigenvalue weighted by atomic mass is 16.5. The molecule has 0 radical (unpaired) electrons. The molecular formula is C14H22N2O. The SMILES string of the molecule is CC(C)CNCc1ccc(OCC2CC2)cn1. The first-order valence-electron chi connectivity index (χ1n) is 6.52. The lowest BCUT2D eigenvalue weighted by Crippen LogP contribution is -2.19. The van der Waals surface area contributed by atoms with Gasteiger partial charge in [0.25, 0.3) is 0 Å². The second-order valence-corrected chi connectivity index (χ2v) is 5.26. The van der Waals surface area contributed by atoms with E-state index >= 15 is 0 Å². The van der Waals surface area contributed by atoms with Crippen molar-refractivity contribution in [3.8, 4) is 5.75 Å². The second kappa shape index (κ2) is 6.01. The van der Waals surface area contributed by atoms with Gasteiger partial charge in [0.1, 0.15) is 5.75 Å². The first-order chi connectivity index (χ1) is 8.24. The highest BCUT2D eigenvalue weighted by molar-refractivity contribution is 5.19. The van der Waals surface area contributed by atoms with Crippen LogP contribution in [0.3, 0.4) is 0 Å². The van der Waals surface area contributed by atoms with Crippen LogP contribution in [0.2, 0.25) is 0 Å². The highest BCUT2D eigenvalue weighted by Gasteiger charge is 2.21. The molecule has 3 heteroatoms. The predicted molar refractivity (Wildman–Crippen MR) is 69.0 cm³/mol. The predicted octanol–water partition coefficient (Wildman–Crippen LogP) is 2.62. The van der Waals surface area contributed by atoms with Crippen LogP contribution < -0.4 is 10.1 Å². The molecule has 0 saturated heterocycles. The molecule has 1 N–H and O–H groups in total. The maximum atomic E-state index is 5.64. The zero-order chi connectivity index (χ0) is 12.1. The molecule has 3 nitrogen and oxygen atoms in total. The largest absolute Gasteiger partial charge is 0.492 e. The molecular weight excluding hydrogens is 212 g/mol. The molecule has 0 aromatic carbocycles. The quantitative estimate of drug-likeness (QED) is 0.787. The Bertz CT molecular complexity index is 331. The molecule has 2 rings (SSSR count). The zero-order valence-corrected chi connectivity index (χ0v) is 10.8. The Labute approximate surface area is 104 Å². The summed E-state index contributed by atoms with van der Waals surface area (Å²) in [5.41, 5.74) is 1.07. The molecule has 1 saturated carbocycles. The Balaban J connectivity index is 1.72. The molecule has 1 fully saturated rings. The van der Waals surface area contributed by atoms with Gasteiger partial charge < -0.3 is 10.1 Å². The van der Waals surface area contributed by atoms with Gasteiger partial charge in [-0.25, -0.2) is 0 Å². The lowest BCUT2D eigenvalue weighted by Gasteiger charge is -2.08. The first kappa shape index (κ1) is 12.4. The van der Waals surface area contributed by atoms with Crippen molar-refractivity contribution in [2.45, 2.75) is 33.2 Å². The molecule has 0 aliphatic heterocycles. The normalized spacial score (nSPS) is 15.2. The number of rotatable bonds is 7. The minimum absolute atomic E-state index is 0.677. The number of ether oxygens (including phenoxy) is 1. The van der Waals surface area contributed by atoms with E-state index in [1.165, 1.54) is 12.8 Å². The van der Waals surface area contributed by atoms with Crippen LogP contribution in [0, 0.1) is 11.8 Å². The van der Waals surface area contributed by atoms with Crippen LogP contribution in [0.4, 0.5) is 0 Å². The number of nitrogens with one attached hydrogen (secondary N) is 1. The summed E-state index contributed by atoms with van der Waals surface area (Å²) in [4.78, 5) is 4.39. The maximum Gasteiger partial charge on any atom is 0.137 e. The minimum atomic E-state index is 0.677. The standard InChI is InChI=1S/C14H22N2O/c1-11(2)7-15-8-13-5-6-14(9-16-13)17-10-12-3-4-12/h5-6,9,11-12,15H,3-4,7-8,10H2,1-2H3. The van der Waals surface area contributed by atoms with Crippen molar-refractivity contribution < 1.29 is 4.74 Å². The topological polar surface area (TPSA) is 34.1 Å². The molecule has 0 amide bonds. The molecule has 94 valence electrons. The van der Waals surface area contributed by atoms with E-state index in [0.29, 0.717) is 5.92 Å². The van der Waals surface area contributed by atoms with Crippen LogP contribution >= 0.6 is 0 Å². The molecule has 0 spiro atoms. The van der Waals surface area contributed by atoms with E-state index in [9.17, 15) is 0 Å². The van der Waals surface area contributed by atoms with E-state index in [1.807, 2.05) is 18.3 Å². The molecule has 1 aromatic rings. The highest BCUT2D eigenvalue weighted by Crippen LogP contribution is 2.29. The first-order valence-corrected chi connectivity index (χ1v) is 6.52. The third kappa shape index (κ3) is 4.73. The Morgan fingerprint density at radius 3 is 2.82 bits per heavy atom. The van der Waals surface area contributed by atoms with Crippen molar-refractivity contribution in [3.05, 3.63) is 24.0 Å². The van der Waals surface area contributed by atoms with Gasteiger partial charge in [-0.05, 0) is 43.4 Å². The number of aromatic nitrogens is 1. The monoisotopic (exact) mass is 234 g/mol. The van der Waals surface area contributed by atoms with Crippen molar-refractivity contribution >= 4 is 0 Å². The van der Waals surface area contributed by atoms with Crippen LogP contribution in [0.15, 0.2) is 18.3 Å². The van der Waals surface area contributed by atoms with Crippen molar-refractivity contribution in [2.75, 3.05) is 13.2 Å². The summed E-state index contributed by atoms with van der Waals surface area (Å²) in [6.07, 6.45) is 4.48. The summed E-state index contributed by atoms with van der Waals surface area (Å²) in [6, 6.07) is 4.05. The lowest BCUT2D eigenvalue weighted by atomic mass is 10.2. The Kier molecular flexibility index (Phi) is 4.37. The fraction of sp³-hybridized carbons (Fsp3) is 0.643. The summed E-state index contributed by atoms with van der Waals surface area (Å²) in [6.45, 7) is 7.12. The summed E-state index contributed by atoms with van der Waals surface area (Å²) < 4.78 is 5.64. The molecule has 17 heavy (non-hydrogen) atoms. The van der Waals surface area contributed by atoms with Gasteiger partial charge in [-0.3, -0.25) is 4.98 Å². The summed E-state index contributed by atoms with van der Waals surface area (Å²) in [5.74, 6) is 2.36. The fourth-order valence-electron chi connectivity index (χ4n) is 1.59. The Morgan fingerprint density at radius 2 is 2.24 bits per heavy atom. The van der Waals surface area contributed by atoms with Crippen LogP contribution in [0.25, 0.3) is 0 Å². The van der Waals surface area contributed by atoms with E-state index in [-0.39, 0.29) is 0 Å². The van der Waals surface area contributed by atoms with E-state index in [4.69, 9.17) is 4.74 Å². The van der Waals surface area contributed by atoms with Gasteiger partial charge in [0.15, 0.2) is 0 Å². The molecule has 0 atom stereocenters. The Hall–Kier alpha value is -1.09. The molecule has 1 heterocycles. The number of pyridine rings is 1. The molecule has 1 aromatic heterocycles. The maximum absolute atomic E-state index is 5.64. The molecule has 0 bridgehead atoms. The van der Waals surface area contributed by atoms with Crippen molar-refractivity contribution in [2.24, 2.45) is 11.8 Å². The smallest absolute Gasteiger partial charge is 0.137 e. The van der Waals surface area contributed by atoms with Crippen molar-refractivity contribution in [1.29, 1.82) is 0 Å². The third-order valence-electron chi connectivity index (χ3n) is 2.84. The Morgan fingerprint density at radius 1 is 1.41 bits per heavy atom. The average molecular weight is 234 g/mol. The van der Waals surface area contributed by atoms with E-state index < -0.39 is 0 Å². The van der Waals surface area contributed by atoms with Gasteiger partial charge in [0, 0.05) is 6.54 Å². The van der Waals surface area contributed by atoms with Crippen molar-refractivity contribution in [3.63, 3.8) is 0 Å². The molecule has 1 aliphatic carbocycles. The molecule has 0 unspecified atom stereocenters. The summed E-state index contributed by atoms with van der Waals surface area (Å²) >= 11 is 0. The summed E-state index contributed by atoms with van der Waals surface area (Å²) in [5, 5.41) is 3.38. The van der Waals surface area contributed by atoms with Gasteiger partial charge in [0.05, 0.1) is 18.5 Å². The van der Waals surface area contributed by atoms with Gasteiger partial charge in [-0.2, -0.15) is 0 Å². The van der Waals surface area contributed by atoms with E-state index in [2.05, 4.69) is 24.1 Å². The van der Waals surface area contributed by atoms with Crippen LogP contribution in [-0.4, -0.2) is 18.1 Å². The van der Waals surface area contributed by atoms with Gasteiger partial charge in [0.2, 0.25) is 0 Å². The lowest BCUT2D eigenvalue weighted by molar-refractivity contribution is 0.298. The fourth-order valence-corrected chi connectivity index (χ4v) is 1.59. The van der Waals surface area contributed by atoms with Gasteiger partial charge >= 0.3 is 0 Å². The second-order valence-electron chi connectivity index (χ2n) is 5.26. The van der Waals surface area contributed by atoms with Gasteiger partial charge in [-0.15, -0.1) is 0 Å². The number of hydrogen-bond donors (Lipinski definition) is 1. The zero-order valence-electron chi connectivity index (χ0n) is 10.8. The summed E-state index contributed by atoms with van der Waals surface area (Å²) in [7, 11) is 0. The van der Waals surface area contributed by atoms with Crippen LogP contribution in [0.1, 0.15) is 32.4 Å². The van der Waals surface area contributed by atoms with Gasteiger partial charge in [-0.1, -0.05) is 13.8 Å². The van der Waals surface area contributed by atoms with Crippen molar-refractivity contribution in [1.82, 2.24) is 10.3 Å². The molecule has 1 aliphatic rings. The van der Waals surface area contributed by atoms with Crippen LogP contribution in [0.5, 0.6) is 5.75 Å². The minimum Gasteiger partial charge on any atom is -0.492 e. The van der Waals surface area contributed by atoms with Crippen LogP contribution in [-0.2, 0) is 6.54 Å². The average Bonchev–Trinajstić information content (AvgIpc) is 3.11.